The first kappa shape index (κ1) is 22.0. The van der Waals surface area contributed by atoms with Crippen molar-refractivity contribution in [2.45, 2.75) is 13.0 Å². The van der Waals surface area contributed by atoms with Gasteiger partial charge < -0.3 is 10.1 Å². The Bertz CT molecular complexity index is 1110. The van der Waals surface area contributed by atoms with E-state index in [1.54, 1.807) is 31.2 Å². The third kappa shape index (κ3) is 4.70. The van der Waals surface area contributed by atoms with Crippen LogP contribution < -0.4 is 0 Å². The predicted molar refractivity (Wildman–Crippen MR) is 119 cm³/mol. The molecule has 6 heteroatoms. The van der Waals surface area contributed by atoms with Gasteiger partial charge in [0, 0.05) is 35.1 Å². The highest BCUT2D eigenvalue weighted by molar-refractivity contribution is 6.30. The summed E-state index contributed by atoms with van der Waals surface area (Å²) >= 11 is 6.02. The van der Waals surface area contributed by atoms with E-state index in [4.69, 9.17) is 16.7 Å². The minimum atomic E-state index is -0.762. The summed E-state index contributed by atoms with van der Waals surface area (Å²) in [6, 6.07) is 20.4. The predicted octanol–water partition coefficient (Wildman–Crippen LogP) is 6.53. The molecule has 4 aromatic rings. The number of H-pyrrole nitrogens is 1. The van der Waals surface area contributed by atoms with Crippen molar-refractivity contribution in [1.29, 1.82) is 0 Å². The number of halogens is 3. The van der Waals surface area contributed by atoms with Gasteiger partial charge in [-0.3, -0.25) is 0 Å². The van der Waals surface area contributed by atoms with Gasteiger partial charge in [-0.1, -0.05) is 54.1 Å². The van der Waals surface area contributed by atoms with Crippen molar-refractivity contribution in [3.8, 4) is 11.3 Å². The van der Waals surface area contributed by atoms with Gasteiger partial charge in [-0.05, 0) is 48.4 Å². The van der Waals surface area contributed by atoms with Gasteiger partial charge in [0.2, 0.25) is 0 Å². The highest BCUT2D eigenvalue weighted by Crippen LogP contribution is 2.40. The van der Waals surface area contributed by atoms with E-state index in [1.807, 2.05) is 36.4 Å². The van der Waals surface area contributed by atoms with E-state index < -0.39 is 11.9 Å². The fourth-order valence-electron chi connectivity index (χ4n) is 3.52. The van der Waals surface area contributed by atoms with Crippen LogP contribution in [-0.2, 0) is 0 Å². The number of aromatic nitrogens is 1. The maximum Gasteiger partial charge on any atom is 0.123 e. The Hall–Kier alpha value is -2.73. The number of hydrogen-bond donors (Lipinski definition) is 2. The van der Waals surface area contributed by atoms with E-state index in [-0.39, 0.29) is 6.61 Å². The van der Waals surface area contributed by atoms with Crippen LogP contribution in [0.2, 0.25) is 5.02 Å². The molecule has 30 heavy (non-hydrogen) atoms. The van der Waals surface area contributed by atoms with Crippen molar-refractivity contribution in [2.75, 3.05) is 13.7 Å². The summed E-state index contributed by atoms with van der Waals surface area (Å²) in [5, 5.41) is 9.70. The number of aliphatic hydroxyl groups excluding tert-OH is 1. The molecule has 0 radical (unpaired) electrons. The van der Waals surface area contributed by atoms with Crippen LogP contribution >= 0.6 is 11.6 Å². The third-order valence-corrected chi connectivity index (χ3v) is 4.92. The van der Waals surface area contributed by atoms with Crippen LogP contribution in [0.1, 0.15) is 24.1 Å². The van der Waals surface area contributed by atoms with Crippen molar-refractivity contribution in [3.05, 3.63) is 94.8 Å². The molecule has 3 nitrogen and oxygen atoms in total. The molecule has 0 saturated heterocycles. The quantitative estimate of drug-likeness (QED) is 0.362. The molecule has 1 heterocycles. The van der Waals surface area contributed by atoms with Crippen molar-refractivity contribution >= 4 is 22.5 Å². The normalized spacial score (nSPS) is 12.0. The average molecular weight is 429 g/mol. The number of benzene rings is 3. The van der Waals surface area contributed by atoms with Gasteiger partial charge in [-0.2, -0.15) is 0 Å². The molecule has 1 atom stereocenters. The molecule has 0 amide bonds. The summed E-state index contributed by atoms with van der Waals surface area (Å²) in [6.07, 6.45) is 0. The topological polar surface area (TPSA) is 39.3 Å². The van der Waals surface area contributed by atoms with E-state index in [1.165, 1.54) is 19.2 Å². The number of fused-ring (bicyclic) bond motifs is 1. The van der Waals surface area contributed by atoms with Crippen LogP contribution in [0.5, 0.6) is 0 Å². The zero-order chi connectivity index (χ0) is 21.7. The summed E-state index contributed by atoms with van der Waals surface area (Å²) in [6.45, 7) is 1.93. The van der Waals surface area contributed by atoms with E-state index in [9.17, 15) is 8.87 Å². The van der Waals surface area contributed by atoms with E-state index in [2.05, 4.69) is 4.98 Å². The fraction of sp³-hybridized carbons (Fsp3) is 0.167. The van der Waals surface area contributed by atoms with Crippen molar-refractivity contribution < 1.29 is 14.0 Å². The van der Waals surface area contributed by atoms with Gasteiger partial charge in [-0.25, -0.2) is 4.39 Å². The molecule has 0 aliphatic carbocycles. The Morgan fingerprint density at radius 1 is 1.03 bits per heavy atom. The summed E-state index contributed by atoms with van der Waals surface area (Å²) in [5.74, 6) is -0.396. The van der Waals surface area contributed by atoms with Crippen LogP contribution in [0.3, 0.4) is 0 Å². The molecular weight excluding hydrogens is 406 g/mol. The maximum absolute atomic E-state index is 14.7. The second-order valence-electron chi connectivity index (χ2n) is 6.76. The van der Waals surface area contributed by atoms with E-state index >= 15 is 0 Å². The number of nitrogens with one attached hydrogen (secondary N) is 1. The number of aromatic amines is 1. The highest BCUT2D eigenvalue weighted by Gasteiger charge is 2.27. The minimum Gasteiger partial charge on any atom is -0.397 e. The second kappa shape index (κ2) is 9.85. The van der Waals surface area contributed by atoms with Crippen LogP contribution in [0.15, 0.2) is 72.8 Å². The molecule has 0 spiro atoms. The van der Waals surface area contributed by atoms with Gasteiger partial charge in [0.25, 0.3) is 0 Å². The lowest BCUT2D eigenvalue weighted by Crippen LogP contribution is -2.18. The van der Waals surface area contributed by atoms with Gasteiger partial charge >= 0.3 is 0 Å². The monoisotopic (exact) mass is 428 g/mol. The zero-order valence-electron chi connectivity index (χ0n) is 16.7. The molecule has 3 aromatic carbocycles. The second-order valence-corrected chi connectivity index (χ2v) is 7.20. The van der Waals surface area contributed by atoms with Crippen molar-refractivity contribution in [1.82, 2.24) is 10.1 Å². The van der Waals surface area contributed by atoms with E-state index in [0.29, 0.717) is 15.7 Å². The van der Waals surface area contributed by atoms with Crippen molar-refractivity contribution in [3.63, 3.8) is 0 Å². The lowest BCUT2D eigenvalue weighted by molar-refractivity contribution is 0.0258. The summed E-state index contributed by atoms with van der Waals surface area (Å²) < 4.78 is 28.6. The molecular formula is C24H23ClF2N2O. The first-order valence-corrected chi connectivity index (χ1v) is 9.95. The van der Waals surface area contributed by atoms with Crippen LogP contribution in [0, 0.1) is 5.82 Å². The Morgan fingerprint density at radius 3 is 2.33 bits per heavy atom. The molecule has 156 valence electrons. The summed E-state index contributed by atoms with van der Waals surface area (Å²) in [7, 11) is 1.35. The van der Waals surface area contributed by atoms with Gasteiger partial charge in [0.15, 0.2) is 0 Å². The molecule has 1 unspecified atom stereocenters. The smallest absolute Gasteiger partial charge is 0.123 e. The first-order chi connectivity index (χ1) is 14.5. The molecule has 0 aliphatic rings. The Kier molecular flexibility index (Phi) is 7.21. The highest BCUT2D eigenvalue weighted by atomic mass is 35.5. The van der Waals surface area contributed by atoms with E-state index in [0.717, 1.165) is 27.7 Å². The number of para-hydroxylation sites is 1. The van der Waals surface area contributed by atoms with Crippen LogP contribution in [0.4, 0.5) is 8.87 Å². The fourth-order valence-corrected chi connectivity index (χ4v) is 3.64. The van der Waals surface area contributed by atoms with Gasteiger partial charge in [-0.15, -0.1) is 9.60 Å². The van der Waals surface area contributed by atoms with Crippen molar-refractivity contribution in [2.24, 2.45) is 0 Å². The SMILES string of the molecule is CCO.CN(F)C(c1cccc(F)c1)c1c(-c2ccc(Cl)cc2)[nH]c2ccccc12. The Balaban J connectivity index is 0.000000806. The largest absolute Gasteiger partial charge is 0.397 e. The van der Waals surface area contributed by atoms with Crippen LogP contribution in [0.25, 0.3) is 22.2 Å². The molecule has 2 N–H and O–H groups in total. The maximum atomic E-state index is 14.7. The molecule has 1 aromatic heterocycles. The number of hydrogen-bond acceptors (Lipinski definition) is 2. The lowest BCUT2D eigenvalue weighted by atomic mass is 9.93. The van der Waals surface area contributed by atoms with Crippen LogP contribution in [-0.4, -0.2) is 28.9 Å². The summed E-state index contributed by atoms with van der Waals surface area (Å²) in [5.41, 5.74) is 3.85. The zero-order valence-corrected chi connectivity index (χ0v) is 17.5. The number of nitrogens with zero attached hydrogens (tertiary/aromatic N) is 1. The standard InChI is InChI=1S/C22H17ClF2N2.C2H6O/c1-27(25)22(15-5-4-6-17(24)13-15)20-18-7-2-3-8-19(18)26-21(20)14-9-11-16(23)12-10-14;1-2-3/h2-13,22,26H,1H3;3H,2H2,1H3. The first-order valence-electron chi connectivity index (χ1n) is 9.57. The third-order valence-electron chi connectivity index (χ3n) is 4.67. The molecule has 0 saturated carbocycles. The lowest BCUT2D eigenvalue weighted by Gasteiger charge is -2.22. The van der Waals surface area contributed by atoms with Gasteiger partial charge in [0.1, 0.15) is 5.82 Å². The number of aliphatic hydroxyl groups is 1. The minimum absolute atomic E-state index is 0.250. The Labute approximate surface area is 179 Å². The van der Waals surface area contributed by atoms with Gasteiger partial charge in [0.05, 0.1) is 11.7 Å². The average Bonchev–Trinajstić information content (AvgIpc) is 3.08. The Morgan fingerprint density at radius 2 is 1.70 bits per heavy atom. The molecule has 4 rings (SSSR count). The summed E-state index contributed by atoms with van der Waals surface area (Å²) in [4.78, 5) is 3.39. The molecule has 0 fully saturated rings. The number of rotatable bonds is 4. The molecule has 0 aliphatic heterocycles. The molecule has 0 bridgehead atoms.